The average molecular weight is 238 g/mol. The quantitative estimate of drug-likeness (QED) is 0.761. The first-order chi connectivity index (χ1) is 8.24. The SMILES string of the molecule is CC1CCCC(NCC2CCN(C)CC2)CC1. The molecule has 2 fully saturated rings. The second-order valence-corrected chi connectivity index (χ2v) is 6.47. The third-order valence-corrected chi connectivity index (χ3v) is 4.79. The highest BCUT2D eigenvalue weighted by Gasteiger charge is 2.19. The van der Waals surface area contributed by atoms with Crippen LogP contribution >= 0.6 is 0 Å². The minimum absolute atomic E-state index is 0.819. The van der Waals surface area contributed by atoms with Crippen molar-refractivity contribution in [3.8, 4) is 0 Å². The van der Waals surface area contributed by atoms with Crippen LogP contribution in [-0.2, 0) is 0 Å². The summed E-state index contributed by atoms with van der Waals surface area (Å²) >= 11 is 0. The smallest absolute Gasteiger partial charge is 0.00672 e. The monoisotopic (exact) mass is 238 g/mol. The standard InChI is InChI=1S/C15H30N2/c1-13-4-3-5-15(7-6-13)16-12-14-8-10-17(2)11-9-14/h13-16H,3-12H2,1-2H3. The molecular weight excluding hydrogens is 208 g/mol. The topological polar surface area (TPSA) is 15.3 Å². The first-order valence-corrected chi connectivity index (χ1v) is 7.66. The maximum absolute atomic E-state index is 3.85. The van der Waals surface area contributed by atoms with Crippen molar-refractivity contribution < 1.29 is 0 Å². The Morgan fingerprint density at radius 1 is 1.00 bits per heavy atom. The Morgan fingerprint density at radius 3 is 2.53 bits per heavy atom. The molecule has 1 saturated heterocycles. The van der Waals surface area contributed by atoms with E-state index in [1.807, 2.05) is 0 Å². The molecule has 2 heteroatoms. The van der Waals surface area contributed by atoms with E-state index in [4.69, 9.17) is 0 Å². The minimum Gasteiger partial charge on any atom is -0.314 e. The molecule has 0 aromatic rings. The van der Waals surface area contributed by atoms with Crippen molar-refractivity contribution in [1.29, 1.82) is 0 Å². The van der Waals surface area contributed by atoms with Crippen LogP contribution in [0.3, 0.4) is 0 Å². The number of nitrogens with one attached hydrogen (secondary N) is 1. The summed E-state index contributed by atoms with van der Waals surface area (Å²) in [5.41, 5.74) is 0. The zero-order chi connectivity index (χ0) is 12.1. The van der Waals surface area contributed by atoms with Crippen molar-refractivity contribution in [3.05, 3.63) is 0 Å². The van der Waals surface area contributed by atoms with Crippen LogP contribution in [0.5, 0.6) is 0 Å². The Labute approximate surface area is 107 Å². The van der Waals surface area contributed by atoms with E-state index in [-0.39, 0.29) is 0 Å². The molecule has 17 heavy (non-hydrogen) atoms. The van der Waals surface area contributed by atoms with Crippen LogP contribution in [0.4, 0.5) is 0 Å². The molecule has 1 aliphatic carbocycles. The van der Waals surface area contributed by atoms with E-state index < -0.39 is 0 Å². The predicted octanol–water partition coefficient (Wildman–Crippen LogP) is 2.89. The van der Waals surface area contributed by atoms with E-state index in [1.54, 1.807) is 0 Å². The average Bonchev–Trinajstić information content (AvgIpc) is 2.54. The maximum Gasteiger partial charge on any atom is 0.00672 e. The Balaban J connectivity index is 1.64. The van der Waals surface area contributed by atoms with Crippen molar-refractivity contribution >= 4 is 0 Å². The van der Waals surface area contributed by atoms with Gasteiger partial charge in [0.1, 0.15) is 0 Å². The highest BCUT2D eigenvalue weighted by molar-refractivity contribution is 4.77. The molecule has 0 amide bonds. The first-order valence-electron chi connectivity index (χ1n) is 7.66. The summed E-state index contributed by atoms with van der Waals surface area (Å²) < 4.78 is 0. The Bertz CT molecular complexity index is 209. The van der Waals surface area contributed by atoms with Crippen LogP contribution in [-0.4, -0.2) is 37.6 Å². The maximum atomic E-state index is 3.85. The van der Waals surface area contributed by atoms with Gasteiger partial charge in [0, 0.05) is 6.04 Å². The lowest BCUT2D eigenvalue weighted by Crippen LogP contribution is -2.38. The van der Waals surface area contributed by atoms with Crippen molar-refractivity contribution in [3.63, 3.8) is 0 Å². The van der Waals surface area contributed by atoms with Gasteiger partial charge in [0.15, 0.2) is 0 Å². The third-order valence-electron chi connectivity index (χ3n) is 4.79. The molecule has 2 atom stereocenters. The second-order valence-electron chi connectivity index (χ2n) is 6.47. The number of piperidine rings is 1. The number of likely N-dealkylation sites (tertiary alicyclic amines) is 1. The van der Waals surface area contributed by atoms with Gasteiger partial charge in [0.25, 0.3) is 0 Å². The van der Waals surface area contributed by atoms with Gasteiger partial charge in [-0.2, -0.15) is 0 Å². The van der Waals surface area contributed by atoms with Crippen molar-refractivity contribution in [1.82, 2.24) is 10.2 Å². The molecule has 2 unspecified atom stereocenters. The van der Waals surface area contributed by atoms with Gasteiger partial charge in [-0.05, 0) is 70.6 Å². The predicted molar refractivity (Wildman–Crippen MR) is 74.3 cm³/mol. The van der Waals surface area contributed by atoms with Crippen LogP contribution < -0.4 is 5.32 Å². The Morgan fingerprint density at radius 2 is 1.76 bits per heavy atom. The molecule has 0 aromatic carbocycles. The van der Waals surface area contributed by atoms with Crippen molar-refractivity contribution in [2.45, 2.75) is 57.9 Å². The van der Waals surface area contributed by atoms with Crippen molar-refractivity contribution in [2.75, 3.05) is 26.7 Å². The normalized spacial score (nSPS) is 33.5. The molecule has 0 aromatic heterocycles. The largest absolute Gasteiger partial charge is 0.314 e. The molecular formula is C15H30N2. The lowest BCUT2D eigenvalue weighted by molar-refractivity contribution is 0.211. The lowest BCUT2D eigenvalue weighted by Gasteiger charge is -2.30. The van der Waals surface area contributed by atoms with Gasteiger partial charge >= 0.3 is 0 Å². The Hall–Kier alpha value is -0.0800. The summed E-state index contributed by atoms with van der Waals surface area (Å²) in [7, 11) is 2.25. The van der Waals surface area contributed by atoms with Crippen LogP contribution in [0.1, 0.15) is 51.9 Å². The van der Waals surface area contributed by atoms with Gasteiger partial charge in [0.2, 0.25) is 0 Å². The molecule has 2 aliphatic rings. The Kier molecular flexibility index (Phi) is 5.30. The molecule has 100 valence electrons. The highest BCUT2D eigenvalue weighted by atomic mass is 15.1. The lowest BCUT2D eigenvalue weighted by atomic mass is 9.96. The zero-order valence-corrected chi connectivity index (χ0v) is 11.8. The van der Waals surface area contributed by atoms with Crippen molar-refractivity contribution in [2.24, 2.45) is 11.8 Å². The van der Waals surface area contributed by atoms with E-state index in [0.29, 0.717) is 0 Å². The minimum atomic E-state index is 0.819. The van der Waals surface area contributed by atoms with E-state index in [0.717, 1.165) is 17.9 Å². The highest BCUT2D eigenvalue weighted by Crippen LogP contribution is 2.23. The zero-order valence-electron chi connectivity index (χ0n) is 11.8. The molecule has 2 rings (SSSR count). The van der Waals surface area contributed by atoms with E-state index in [2.05, 4.69) is 24.2 Å². The van der Waals surface area contributed by atoms with Gasteiger partial charge in [-0.1, -0.05) is 19.8 Å². The fourth-order valence-corrected chi connectivity index (χ4v) is 3.29. The van der Waals surface area contributed by atoms with E-state index in [9.17, 15) is 0 Å². The summed E-state index contributed by atoms with van der Waals surface area (Å²) in [6.45, 7) is 6.29. The number of nitrogens with zero attached hydrogens (tertiary/aromatic N) is 1. The van der Waals surface area contributed by atoms with Gasteiger partial charge in [0.05, 0.1) is 0 Å². The fourth-order valence-electron chi connectivity index (χ4n) is 3.29. The summed E-state index contributed by atoms with van der Waals surface area (Å²) in [6, 6.07) is 0.819. The summed E-state index contributed by atoms with van der Waals surface area (Å²) in [5, 5.41) is 3.85. The van der Waals surface area contributed by atoms with E-state index in [1.165, 1.54) is 64.6 Å². The summed E-state index contributed by atoms with van der Waals surface area (Å²) in [5.74, 6) is 1.90. The second kappa shape index (κ2) is 6.75. The summed E-state index contributed by atoms with van der Waals surface area (Å²) in [4.78, 5) is 2.46. The van der Waals surface area contributed by atoms with Crippen LogP contribution in [0.2, 0.25) is 0 Å². The molecule has 1 heterocycles. The fraction of sp³-hybridized carbons (Fsp3) is 1.00. The molecule has 2 nitrogen and oxygen atoms in total. The number of rotatable bonds is 3. The molecule has 0 radical (unpaired) electrons. The van der Waals surface area contributed by atoms with Gasteiger partial charge in [-0.25, -0.2) is 0 Å². The van der Waals surface area contributed by atoms with Crippen LogP contribution in [0, 0.1) is 11.8 Å². The molecule has 0 spiro atoms. The summed E-state index contributed by atoms with van der Waals surface area (Å²) in [6.07, 6.45) is 9.94. The van der Waals surface area contributed by atoms with Crippen LogP contribution in [0.15, 0.2) is 0 Å². The van der Waals surface area contributed by atoms with Crippen LogP contribution in [0.25, 0.3) is 0 Å². The van der Waals surface area contributed by atoms with Gasteiger partial charge in [-0.3, -0.25) is 0 Å². The molecule has 1 aliphatic heterocycles. The molecule has 1 N–H and O–H groups in total. The van der Waals surface area contributed by atoms with E-state index >= 15 is 0 Å². The number of hydrogen-bond donors (Lipinski definition) is 1. The number of hydrogen-bond acceptors (Lipinski definition) is 2. The molecule has 0 bridgehead atoms. The first kappa shape index (κ1) is 13.4. The van der Waals surface area contributed by atoms with Gasteiger partial charge < -0.3 is 10.2 Å². The third kappa shape index (κ3) is 4.59. The van der Waals surface area contributed by atoms with Gasteiger partial charge in [-0.15, -0.1) is 0 Å². The molecule has 1 saturated carbocycles.